The second kappa shape index (κ2) is 7.19. The summed E-state index contributed by atoms with van der Waals surface area (Å²) in [6.07, 6.45) is 4.66. The van der Waals surface area contributed by atoms with E-state index in [0.29, 0.717) is 0 Å². The van der Waals surface area contributed by atoms with Crippen LogP contribution in [0.1, 0.15) is 32.6 Å². The van der Waals surface area contributed by atoms with Crippen molar-refractivity contribution in [2.75, 3.05) is 18.8 Å². The van der Waals surface area contributed by atoms with E-state index in [1.165, 1.54) is 19.3 Å². The van der Waals surface area contributed by atoms with Gasteiger partial charge in [-0.25, -0.2) is 0 Å². The van der Waals surface area contributed by atoms with Crippen LogP contribution in [0.5, 0.6) is 0 Å². The highest BCUT2D eigenvalue weighted by molar-refractivity contribution is 8.03. The Balaban J connectivity index is 2.82. The topological polar surface area (TPSA) is 50.8 Å². The van der Waals surface area contributed by atoms with Crippen LogP contribution < -0.4 is 0 Å². The molecule has 16 heavy (non-hydrogen) atoms. The minimum Gasteiger partial charge on any atom is -0.365 e. The average molecular weight is 235 g/mol. The Hall–Kier alpha value is -1.13. The molecule has 0 amide bonds. The summed E-state index contributed by atoms with van der Waals surface area (Å²) < 4.78 is 0. The Morgan fingerprint density at radius 1 is 1.19 bits per heavy atom. The molecule has 3 nitrogen and oxygen atoms in total. The maximum absolute atomic E-state index is 8.96. The molecule has 0 bridgehead atoms. The molecule has 0 aromatic heterocycles. The molecule has 0 aromatic rings. The highest BCUT2D eigenvalue weighted by Gasteiger charge is 2.17. The lowest BCUT2D eigenvalue weighted by Crippen LogP contribution is -2.28. The van der Waals surface area contributed by atoms with Gasteiger partial charge in [-0.3, -0.25) is 0 Å². The summed E-state index contributed by atoms with van der Waals surface area (Å²) in [5, 5.41) is 18.8. The van der Waals surface area contributed by atoms with Gasteiger partial charge in [-0.15, -0.1) is 11.8 Å². The van der Waals surface area contributed by atoms with Crippen LogP contribution in [-0.2, 0) is 0 Å². The molecule has 1 saturated heterocycles. The normalized spacial score (nSPS) is 15.1. The van der Waals surface area contributed by atoms with E-state index in [0.717, 1.165) is 30.3 Å². The van der Waals surface area contributed by atoms with Crippen molar-refractivity contribution in [1.29, 1.82) is 10.5 Å². The molecule has 0 spiro atoms. The molecular formula is C12H17N3S. The summed E-state index contributed by atoms with van der Waals surface area (Å²) in [6, 6.07) is 4.03. The van der Waals surface area contributed by atoms with Crippen molar-refractivity contribution in [3.8, 4) is 12.1 Å². The Morgan fingerprint density at radius 2 is 1.81 bits per heavy atom. The third-order valence-corrected chi connectivity index (χ3v) is 3.87. The molecule has 0 aliphatic carbocycles. The van der Waals surface area contributed by atoms with E-state index in [1.807, 2.05) is 12.1 Å². The summed E-state index contributed by atoms with van der Waals surface area (Å²) in [5.41, 5.74) is 0.278. The van der Waals surface area contributed by atoms with Crippen LogP contribution in [0.4, 0.5) is 0 Å². The number of nitriles is 2. The van der Waals surface area contributed by atoms with Crippen molar-refractivity contribution < 1.29 is 0 Å². The maximum Gasteiger partial charge on any atom is 0.159 e. The zero-order valence-electron chi connectivity index (χ0n) is 9.70. The number of piperidine rings is 1. The number of hydrogen-bond donors (Lipinski definition) is 0. The van der Waals surface area contributed by atoms with E-state index >= 15 is 0 Å². The van der Waals surface area contributed by atoms with Gasteiger partial charge < -0.3 is 4.90 Å². The van der Waals surface area contributed by atoms with E-state index in [4.69, 9.17) is 10.5 Å². The van der Waals surface area contributed by atoms with E-state index in [2.05, 4.69) is 11.8 Å². The number of allylic oxidation sites excluding steroid dienone is 1. The van der Waals surface area contributed by atoms with E-state index in [9.17, 15) is 0 Å². The van der Waals surface area contributed by atoms with Gasteiger partial charge in [-0.1, -0.05) is 6.92 Å². The van der Waals surface area contributed by atoms with Crippen molar-refractivity contribution in [3.05, 3.63) is 10.6 Å². The average Bonchev–Trinajstić information content (AvgIpc) is 2.35. The van der Waals surface area contributed by atoms with Crippen molar-refractivity contribution >= 4 is 11.8 Å². The molecule has 0 unspecified atom stereocenters. The van der Waals surface area contributed by atoms with Crippen LogP contribution in [0.15, 0.2) is 10.6 Å². The molecule has 1 aliphatic heterocycles. The maximum atomic E-state index is 8.96. The van der Waals surface area contributed by atoms with Gasteiger partial charge in [-0.2, -0.15) is 10.5 Å². The van der Waals surface area contributed by atoms with Crippen molar-refractivity contribution in [3.63, 3.8) is 0 Å². The fourth-order valence-corrected chi connectivity index (χ4v) is 2.74. The highest BCUT2D eigenvalue weighted by atomic mass is 32.2. The van der Waals surface area contributed by atoms with Crippen molar-refractivity contribution in [2.24, 2.45) is 0 Å². The largest absolute Gasteiger partial charge is 0.365 e. The molecule has 0 aromatic carbocycles. The first-order chi connectivity index (χ1) is 7.83. The Kier molecular flexibility index (Phi) is 5.82. The molecule has 1 rings (SSSR count). The molecule has 0 radical (unpaired) electrons. The first-order valence-electron chi connectivity index (χ1n) is 5.75. The van der Waals surface area contributed by atoms with Crippen LogP contribution >= 0.6 is 11.8 Å². The monoisotopic (exact) mass is 235 g/mol. The van der Waals surface area contributed by atoms with Crippen LogP contribution in [0, 0.1) is 22.7 Å². The predicted octanol–water partition coefficient (Wildman–Crippen LogP) is 2.87. The molecule has 0 N–H and O–H groups in total. The van der Waals surface area contributed by atoms with Crippen molar-refractivity contribution in [1.82, 2.24) is 4.90 Å². The second-order valence-corrected chi connectivity index (χ2v) is 4.88. The summed E-state index contributed by atoms with van der Waals surface area (Å²) in [7, 11) is 0. The highest BCUT2D eigenvalue weighted by Crippen LogP contribution is 2.27. The van der Waals surface area contributed by atoms with Crippen LogP contribution in [0.3, 0.4) is 0 Å². The second-order valence-electron chi connectivity index (χ2n) is 3.80. The first kappa shape index (κ1) is 12.9. The van der Waals surface area contributed by atoms with Crippen LogP contribution in [0.2, 0.25) is 0 Å². The van der Waals surface area contributed by atoms with Gasteiger partial charge in [0.15, 0.2) is 5.57 Å². The summed E-state index contributed by atoms with van der Waals surface area (Å²) >= 11 is 1.65. The van der Waals surface area contributed by atoms with Crippen LogP contribution in [-0.4, -0.2) is 23.7 Å². The van der Waals surface area contributed by atoms with E-state index in [1.54, 1.807) is 11.8 Å². The number of rotatable bonds is 4. The fraction of sp³-hybridized carbons (Fsp3) is 0.667. The standard InChI is InChI=1S/C12H17N3S/c1-2-8-16-12(11(9-13)10-14)15-6-4-3-5-7-15/h2-8H2,1H3. The molecule has 4 heteroatoms. The lowest BCUT2D eigenvalue weighted by Gasteiger charge is -2.30. The zero-order chi connectivity index (χ0) is 11.8. The summed E-state index contributed by atoms with van der Waals surface area (Å²) in [5.74, 6) is 0.971. The summed E-state index contributed by atoms with van der Waals surface area (Å²) in [4.78, 5) is 2.20. The van der Waals surface area contributed by atoms with Crippen LogP contribution in [0.25, 0.3) is 0 Å². The van der Waals surface area contributed by atoms with Gasteiger partial charge in [0.05, 0.1) is 5.03 Å². The third kappa shape index (κ3) is 3.47. The molecule has 1 heterocycles. The minimum atomic E-state index is 0.278. The lowest BCUT2D eigenvalue weighted by molar-refractivity contribution is 0.302. The summed E-state index contributed by atoms with van der Waals surface area (Å²) in [6.45, 7) is 4.08. The number of thioether (sulfide) groups is 1. The Labute approximate surface area is 102 Å². The van der Waals surface area contributed by atoms with Gasteiger partial charge in [0.1, 0.15) is 12.1 Å². The van der Waals surface area contributed by atoms with E-state index in [-0.39, 0.29) is 5.57 Å². The van der Waals surface area contributed by atoms with Gasteiger partial charge in [-0.05, 0) is 31.4 Å². The molecule has 1 fully saturated rings. The van der Waals surface area contributed by atoms with E-state index < -0.39 is 0 Å². The number of likely N-dealkylation sites (tertiary alicyclic amines) is 1. The molecule has 0 saturated carbocycles. The fourth-order valence-electron chi connectivity index (χ4n) is 1.74. The van der Waals surface area contributed by atoms with Crippen molar-refractivity contribution in [2.45, 2.75) is 32.6 Å². The molecule has 86 valence electrons. The molecule has 0 atom stereocenters. The predicted molar refractivity (Wildman–Crippen MR) is 66.4 cm³/mol. The Morgan fingerprint density at radius 3 is 2.31 bits per heavy atom. The lowest BCUT2D eigenvalue weighted by atomic mass is 10.1. The first-order valence-corrected chi connectivity index (χ1v) is 6.74. The van der Waals surface area contributed by atoms with Gasteiger partial charge >= 0.3 is 0 Å². The quantitative estimate of drug-likeness (QED) is 0.703. The Bertz CT molecular complexity index is 313. The van der Waals surface area contributed by atoms with Gasteiger partial charge in [0.2, 0.25) is 0 Å². The minimum absolute atomic E-state index is 0.278. The number of hydrogen-bond acceptors (Lipinski definition) is 4. The third-order valence-electron chi connectivity index (χ3n) is 2.52. The van der Waals surface area contributed by atoms with Gasteiger partial charge in [0, 0.05) is 13.1 Å². The smallest absolute Gasteiger partial charge is 0.159 e. The molecule has 1 aliphatic rings. The zero-order valence-corrected chi connectivity index (χ0v) is 10.5. The molecular weight excluding hydrogens is 218 g/mol. The SMILES string of the molecule is CCCSC(=C(C#N)C#N)N1CCCCC1. The van der Waals surface area contributed by atoms with Gasteiger partial charge in [0.25, 0.3) is 0 Å². The number of nitrogens with zero attached hydrogens (tertiary/aromatic N) is 3.